The van der Waals surface area contributed by atoms with Crippen LogP contribution >= 0.6 is 0 Å². The van der Waals surface area contributed by atoms with E-state index in [2.05, 4.69) is 52.4 Å². The van der Waals surface area contributed by atoms with Gasteiger partial charge in [0.05, 0.1) is 11.9 Å². The van der Waals surface area contributed by atoms with E-state index in [1.165, 1.54) is 0 Å². The summed E-state index contributed by atoms with van der Waals surface area (Å²) < 4.78 is 0. The molecule has 8 nitrogen and oxygen atoms in total. The molecule has 282 valence electrons. The first-order valence-corrected chi connectivity index (χ1v) is 19.6. The van der Waals surface area contributed by atoms with Gasteiger partial charge in [-0.15, -0.1) is 0 Å². The van der Waals surface area contributed by atoms with E-state index in [9.17, 15) is 0 Å². The molecule has 7 aromatic carbocycles. The summed E-state index contributed by atoms with van der Waals surface area (Å²) in [7, 11) is 0. The van der Waals surface area contributed by atoms with Gasteiger partial charge < -0.3 is 0 Å². The van der Waals surface area contributed by atoms with E-state index in [0.717, 1.165) is 66.9 Å². The highest BCUT2D eigenvalue weighted by atomic mass is 15.0. The van der Waals surface area contributed by atoms with Gasteiger partial charge in [0.2, 0.25) is 0 Å². The van der Waals surface area contributed by atoms with Crippen molar-refractivity contribution in [3.63, 3.8) is 0 Å². The van der Waals surface area contributed by atoms with Crippen LogP contribution in [0.2, 0.25) is 0 Å². The van der Waals surface area contributed by atoms with Crippen LogP contribution in [0.4, 0.5) is 0 Å². The van der Waals surface area contributed by atoms with Crippen LogP contribution in [0.15, 0.2) is 207 Å². The quantitative estimate of drug-likeness (QED) is 0.143. The minimum absolute atomic E-state index is 0.588. The molecule has 0 saturated heterocycles. The van der Waals surface area contributed by atoms with Crippen molar-refractivity contribution in [3.05, 3.63) is 207 Å². The number of hydrogen-bond acceptors (Lipinski definition) is 8. The number of nitrogens with zero attached hydrogens (tertiary/aromatic N) is 8. The SMILES string of the molecule is c1ccc(-c2nc(-c3ccccc3)nc(-c3cccc(-c4cc(-c5cccc(-c6nc(-c7ccccc7)nc(-c7ccccc7)n6)c5)cc(-c5cnccn5)c4)c3)n2)cc1. The van der Waals surface area contributed by atoms with Crippen molar-refractivity contribution in [2.75, 3.05) is 0 Å². The Morgan fingerprint density at radius 3 is 0.883 bits per heavy atom. The summed E-state index contributed by atoms with van der Waals surface area (Å²) in [5.41, 5.74) is 11.1. The van der Waals surface area contributed by atoms with Crippen LogP contribution in [0.5, 0.6) is 0 Å². The van der Waals surface area contributed by atoms with Crippen LogP contribution in [0.1, 0.15) is 0 Å². The number of benzene rings is 7. The first-order chi connectivity index (χ1) is 29.7. The Morgan fingerprint density at radius 1 is 0.233 bits per heavy atom. The Bertz CT molecular complexity index is 2770. The standard InChI is InChI=1S/C52H34N8/c1-5-15-35(16-6-1)47-55-48(36-17-7-2-8-18-36)58-51(57-47)41-25-13-23-39(29-41)43-31-44(33-45(32-43)46-34-53-27-28-54-46)40-24-14-26-42(30-40)52-59-49(37-19-9-3-10-20-37)56-50(60-52)38-21-11-4-12-22-38/h1-34H. The number of aromatic nitrogens is 8. The maximum absolute atomic E-state index is 5.00. The third-order valence-corrected chi connectivity index (χ3v) is 10.1. The Hall–Kier alpha value is -8.36. The smallest absolute Gasteiger partial charge is 0.164 e. The molecule has 0 aliphatic carbocycles. The van der Waals surface area contributed by atoms with Crippen LogP contribution in [0.3, 0.4) is 0 Å². The predicted octanol–water partition coefficient (Wildman–Crippen LogP) is 11.8. The molecule has 0 fully saturated rings. The normalized spacial score (nSPS) is 11.0. The lowest BCUT2D eigenvalue weighted by molar-refractivity contribution is 1.07. The Kier molecular flexibility index (Phi) is 9.75. The van der Waals surface area contributed by atoms with Crippen LogP contribution in [0, 0.1) is 0 Å². The summed E-state index contributed by atoms with van der Waals surface area (Å²) in [6, 6.07) is 63.2. The Balaban J connectivity index is 1.09. The summed E-state index contributed by atoms with van der Waals surface area (Å²) in [6.07, 6.45) is 5.19. The van der Waals surface area contributed by atoms with Crippen molar-refractivity contribution in [1.82, 2.24) is 39.9 Å². The Labute approximate surface area is 347 Å². The second kappa shape index (κ2) is 16.2. The van der Waals surface area contributed by atoms with Gasteiger partial charge in [-0.2, -0.15) is 0 Å². The van der Waals surface area contributed by atoms with Crippen molar-refractivity contribution in [1.29, 1.82) is 0 Å². The fraction of sp³-hybridized carbons (Fsp3) is 0. The summed E-state index contributed by atoms with van der Waals surface area (Å²) >= 11 is 0. The molecular weight excluding hydrogens is 737 g/mol. The van der Waals surface area contributed by atoms with Crippen LogP contribution < -0.4 is 0 Å². The Morgan fingerprint density at radius 2 is 0.533 bits per heavy atom. The van der Waals surface area contributed by atoms with E-state index in [-0.39, 0.29) is 0 Å². The number of hydrogen-bond donors (Lipinski definition) is 0. The van der Waals surface area contributed by atoms with E-state index in [0.29, 0.717) is 34.9 Å². The monoisotopic (exact) mass is 770 g/mol. The van der Waals surface area contributed by atoms with Gasteiger partial charge in [-0.25, -0.2) is 29.9 Å². The molecular formula is C52H34N8. The molecule has 0 aliphatic rings. The van der Waals surface area contributed by atoms with E-state index in [1.54, 1.807) is 18.6 Å². The van der Waals surface area contributed by atoms with Gasteiger partial charge in [0, 0.05) is 51.3 Å². The predicted molar refractivity (Wildman–Crippen MR) is 238 cm³/mol. The van der Waals surface area contributed by atoms with Gasteiger partial charge in [0.25, 0.3) is 0 Å². The summed E-state index contributed by atoms with van der Waals surface area (Å²) in [6.45, 7) is 0. The van der Waals surface area contributed by atoms with Crippen LogP contribution in [-0.2, 0) is 0 Å². The van der Waals surface area contributed by atoms with E-state index in [4.69, 9.17) is 29.9 Å². The first kappa shape index (κ1) is 36.0. The maximum Gasteiger partial charge on any atom is 0.164 e. The molecule has 0 saturated carbocycles. The third kappa shape index (κ3) is 7.68. The van der Waals surface area contributed by atoms with Crippen LogP contribution in [0.25, 0.3) is 102 Å². The minimum atomic E-state index is 0.588. The van der Waals surface area contributed by atoms with Gasteiger partial charge in [-0.1, -0.05) is 158 Å². The molecule has 0 bridgehead atoms. The van der Waals surface area contributed by atoms with Gasteiger partial charge in [0.1, 0.15) is 0 Å². The summed E-state index contributed by atoms with van der Waals surface area (Å²) in [5, 5.41) is 0. The molecule has 3 aromatic heterocycles. The maximum atomic E-state index is 5.00. The zero-order valence-corrected chi connectivity index (χ0v) is 32.2. The minimum Gasteiger partial charge on any atom is -0.261 e. The molecule has 0 radical (unpaired) electrons. The first-order valence-electron chi connectivity index (χ1n) is 19.6. The second-order valence-corrected chi connectivity index (χ2v) is 14.1. The lowest BCUT2D eigenvalue weighted by Gasteiger charge is -2.13. The molecule has 10 aromatic rings. The zero-order chi connectivity index (χ0) is 40.1. The molecule has 60 heavy (non-hydrogen) atoms. The highest BCUT2D eigenvalue weighted by Gasteiger charge is 2.16. The highest BCUT2D eigenvalue weighted by Crippen LogP contribution is 2.36. The molecule has 0 amide bonds. The molecule has 10 rings (SSSR count). The lowest BCUT2D eigenvalue weighted by atomic mass is 9.93. The lowest BCUT2D eigenvalue weighted by Crippen LogP contribution is -2.00. The molecule has 0 unspecified atom stereocenters. The van der Waals surface area contributed by atoms with Gasteiger partial charge >= 0.3 is 0 Å². The summed E-state index contributed by atoms with van der Waals surface area (Å²) in [4.78, 5) is 38.9. The van der Waals surface area contributed by atoms with Crippen molar-refractivity contribution in [2.45, 2.75) is 0 Å². The van der Waals surface area contributed by atoms with E-state index >= 15 is 0 Å². The largest absolute Gasteiger partial charge is 0.261 e. The van der Waals surface area contributed by atoms with E-state index < -0.39 is 0 Å². The van der Waals surface area contributed by atoms with Crippen molar-refractivity contribution in [2.24, 2.45) is 0 Å². The van der Waals surface area contributed by atoms with Crippen molar-refractivity contribution in [3.8, 4) is 102 Å². The molecule has 0 spiro atoms. The fourth-order valence-electron chi connectivity index (χ4n) is 7.11. The van der Waals surface area contributed by atoms with Crippen molar-refractivity contribution >= 4 is 0 Å². The average Bonchev–Trinajstić information content (AvgIpc) is 3.35. The van der Waals surface area contributed by atoms with Crippen molar-refractivity contribution < 1.29 is 0 Å². The fourth-order valence-corrected chi connectivity index (χ4v) is 7.11. The molecule has 0 atom stereocenters. The molecule has 3 heterocycles. The summed E-state index contributed by atoms with van der Waals surface area (Å²) in [5.74, 6) is 3.63. The number of rotatable bonds is 9. The highest BCUT2D eigenvalue weighted by molar-refractivity contribution is 5.83. The zero-order valence-electron chi connectivity index (χ0n) is 32.2. The second-order valence-electron chi connectivity index (χ2n) is 14.1. The van der Waals surface area contributed by atoms with Crippen LogP contribution in [-0.4, -0.2) is 39.9 Å². The molecule has 0 N–H and O–H groups in total. The topological polar surface area (TPSA) is 103 Å². The molecule has 0 aliphatic heterocycles. The van der Waals surface area contributed by atoms with Gasteiger partial charge in [-0.05, 0) is 52.6 Å². The third-order valence-electron chi connectivity index (χ3n) is 10.1. The molecule has 8 heteroatoms. The average molecular weight is 771 g/mol. The van der Waals surface area contributed by atoms with Gasteiger partial charge in [-0.3, -0.25) is 9.97 Å². The van der Waals surface area contributed by atoms with Gasteiger partial charge in [0.15, 0.2) is 34.9 Å². The van der Waals surface area contributed by atoms with E-state index in [1.807, 2.05) is 146 Å².